The molecule has 2 aliphatic heterocycles. The molecular weight excluding hydrogens is 407 g/mol. The molecule has 0 N–H and O–H groups in total. The van der Waals surface area contributed by atoms with Gasteiger partial charge in [-0.25, -0.2) is 5.01 Å². The summed E-state index contributed by atoms with van der Waals surface area (Å²) in [5, 5.41) is 8.30. The third kappa shape index (κ3) is 3.13. The maximum absolute atomic E-state index is 6.52. The summed E-state index contributed by atoms with van der Waals surface area (Å²) < 4.78 is 12.0. The second-order valence-electron chi connectivity index (χ2n) is 7.02. The molecule has 2 atom stereocenters. The first kappa shape index (κ1) is 18.3. The van der Waals surface area contributed by atoms with E-state index in [1.165, 1.54) is 0 Å². The fraction of sp³-hybridized carbons (Fsp3) is 0.174. The predicted molar refractivity (Wildman–Crippen MR) is 115 cm³/mol. The monoisotopic (exact) mass is 424 g/mol. The number of benzene rings is 3. The molecule has 0 fully saturated rings. The first-order valence-corrected chi connectivity index (χ1v) is 10.1. The van der Waals surface area contributed by atoms with Crippen LogP contribution >= 0.6 is 23.2 Å². The Labute approximate surface area is 179 Å². The molecule has 2 heterocycles. The number of nitrogens with zero attached hydrogens (tertiary/aromatic N) is 2. The second-order valence-corrected chi connectivity index (χ2v) is 7.87. The van der Waals surface area contributed by atoms with Crippen LogP contribution in [0.3, 0.4) is 0 Å². The van der Waals surface area contributed by atoms with E-state index in [1.807, 2.05) is 65.7 Å². The molecule has 0 unspecified atom stereocenters. The number of hydrogen-bond acceptors (Lipinski definition) is 4. The molecule has 6 heteroatoms. The molecule has 0 aliphatic carbocycles. The molecule has 5 rings (SSSR count). The highest BCUT2D eigenvalue weighted by Crippen LogP contribution is 2.51. The number of para-hydroxylation sites is 1. The van der Waals surface area contributed by atoms with Crippen LogP contribution in [0.2, 0.25) is 10.0 Å². The SMILES string of the molecule is COc1cccc2c1O[C@H](c1ccccc1Cl)N1N=C(c3ccc(Cl)cc3)C[C@@H]21. The quantitative estimate of drug-likeness (QED) is 0.498. The summed E-state index contributed by atoms with van der Waals surface area (Å²) in [6.45, 7) is 0. The van der Waals surface area contributed by atoms with E-state index >= 15 is 0 Å². The second kappa shape index (κ2) is 7.29. The van der Waals surface area contributed by atoms with E-state index in [1.54, 1.807) is 7.11 Å². The van der Waals surface area contributed by atoms with Crippen molar-refractivity contribution >= 4 is 28.9 Å². The molecule has 3 aromatic rings. The van der Waals surface area contributed by atoms with Crippen LogP contribution in [-0.4, -0.2) is 17.8 Å². The zero-order chi connectivity index (χ0) is 20.0. The van der Waals surface area contributed by atoms with E-state index in [0.29, 0.717) is 15.8 Å². The highest BCUT2D eigenvalue weighted by Gasteiger charge is 2.42. The van der Waals surface area contributed by atoms with Crippen LogP contribution < -0.4 is 9.47 Å². The summed E-state index contributed by atoms with van der Waals surface area (Å²) in [5.74, 6) is 1.45. The molecule has 2 aliphatic rings. The molecule has 0 amide bonds. The normalized spacial score (nSPS) is 19.8. The third-order valence-electron chi connectivity index (χ3n) is 5.35. The Morgan fingerprint density at radius 1 is 0.966 bits per heavy atom. The van der Waals surface area contributed by atoms with Crippen molar-refractivity contribution in [2.75, 3.05) is 7.11 Å². The molecule has 0 spiro atoms. The number of hydrazone groups is 1. The maximum atomic E-state index is 6.52. The van der Waals surface area contributed by atoms with Gasteiger partial charge in [-0.3, -0.25) is 0 Å². The van der Waals surface area contributed by atoms with Crippen molar-refractivity contribution < 1.29 is 9.47 Å². The molecule has 3 aromatic carbocycles. The summed E-state index contributed by atoms with van der Waals surface area (Å²) in [7, 11) is 1.65. The lowest BCUT2D eigenvalue weighted by molar-refractivity contribution is -0.0208. The van der Waals surface area contributed by atoms with E-state index < -0.39 is 6.23 Å². The van der Waals surface area contributed by atoms with Crippen LogP contribution in [0.1, 0.15) is 35.4 Å². The smallest absolute Gasteiger partial charge is 0.215 e. The zero-order valence-corrected chi connectivity index (χ0v) is 17.2. The van der Waals surface area contributed by atoms with Crippen molar-refractivity contribution in [3.63, 3.8) is 0 Å². The van der Waals surface area contributed by atoms with Crippen molar-refractivity contribution in [3.8, 4) is 11.5 Å². The molecule has 0 saturated heterocycles. The zero-order valence-electron chi connectivity index (χ0n) is 15.7. The number of halogens is 2. The molecule has 146 valence electrons. The van der Waals surface area contributed by atoms with Gasteiger partial charge in [0.25, 0.3) is 0 Å². The number of methoxy groups -OCH3 is 1. The van der Waals surface area contributed by atoms with Crippen LogP contribution in [0.4, 0.5) is 0 Å². The molecular formula is C23H18Cl2N2O2. The molecule has 0 bridgehead atoms. The first-order valence-electron chi connectivity index (χ1n) is 9.35. The average Bonchev–Trinajstić information content (AvgIpc) is 3.19. The van der Waals surface area contributed by atoms with E-state index in [9.17, 15) is 0 Å². The van der Waals surface area contributed by atoms with Gasteiger partial charge in [0.15, 0.2) is 11.5 Å². The molecule has 0 aromatic heterocycles. The Bertz CT molecular complexity index is 1100. The minimum absolute atomic E-state index is 0.0285. The van der Waals surface area contributed by atoms with Gasteiger partial charge in [-0.1, -0.05) is 65.7 Å². The van der Waals surface area contributed by atoms with Crippen LogP contribution in [0.5, 0.6) is 11.5 Å². The van der Waals surface area contributed by atoms with Crippen molar-refractivity contribution in [2.45, 2.75) is 18.7 Å². The maximum Gasteiger partial charge on any atom is 0.215 e. The highest BCUT2D eigenvalue weighted by atomic mass is 35.5. The van der Waals surface area contributed by atoms with Gasteiger partial charge in [0, 0.05) is 27.6 Å². The van der Waals surface area contributed by atoms with Crippen LogP contribution in [0, 0.1) is 0 Å². The van der Waals surface area contributed by atoms with E-state index in [2.05, 4.69) is 6.07 Å². The lowest BCUT2D eigenvalue weighted by Gasteiger charge is -2.38. The number of ether oxygens (including phenoxy) is 2. The summed E-state index contributed by atoms with van der Waals surface area (Å²) in [6.07, 6.45) is 0.314. The number of hydrogen-bond donors (Lipinski definition) is 0. The van der Waals surface area contributed by atoms with Crippen LogP contribution in [-0.2, 0) is 0 Å². The fourth-order valence-corrected chi connectivity index (χ4v) is 4.30. The van der Waals surface area contributed by atoms with Gasteiger partial charge in [0.1, 0.15) is 0 Å². The molecule has 0 radical (unpaired) electrons. The summed E-state index contributed by atoms with van der Waals surface area (Å²) >= 11 is 12.6. The fourth-order valence-electron chi connectivity index (χ4n) is 3.94. The topological polar surface area (TPSA) is 34.1 Å². The van der Waals surface area contributed by atoms with Gasteiger partial charge in [-0.05, 0) is 29.8 Å². The standard InChI is InChI=1S/C23H18Cl2N2O2/c1-28-21-8-4-6-17-20-13-19(14-9-11-15(24)12-10-14)26-27(20)23(29-22(17)21)16-5-2-3-7-18(16)25/h2-12,20,23H,13H2,1H3/t20-,23+/m0/s1. The van der Waals surface area contributed by atoms with Gasteiger partial charge in [-0.2, -0.15) is 5.10 Å². The molecule has 29 heavy (non-hydrogen) atoms. The largest absolute Gasteiger partial charge is 0.493 e. The van der Waals surface area contributed by atoms with E-state index in [-0.39, 0.29) is 6.04 Å². The lowest BCUT2D eigenvalue weighted by Crippen LogP contribution is -2.34. The Kier molecular flexibility index (Phi) is 4.61. The van der Waals surface area contributed by atoms with Crippen molar-refractivity contribution in [3.05, 3.63) is 93.5 Å². The van der Waals surface area contributed by atoms with Gasteiger partial charge >= 0.3 is 0 Å². The van der Waals surface area contributed by atoms with Crippen LogP contribution in [0.15, 0.2) is 71.8 Å². The summed E-state index contributed by atoms with van der Waals surface area (Å²) in [4.78, 5) is 0. The Hall–Kier alpha value is -2.69. The predicted octanol–water partition coefficient (Wildman–Crippen LogP) is 6.24. The van der Waals surface area contributed by atoms with E-state index in [0.717, 1.165) is 34.6 Å². The van der Waals surface area contributed by atoms with Crippen molar-refractivity contribution in [2.24, 2.45) is 5.10 Å². The average molecular weight is 425 g/mol. The summed E-state index contributed by atoms with van der Waals surface area (Å²) in [6, 6.07) is 21.5. The Morgan fingerprint density at radius 3 is 2.48 bits per heavy atom. The molecule has 0 saturated carbocycles. The van der Waals surface area contributed by atoms with Crippen molar-refractivity contribution in [1.82, 2.24) is 5.01 Å². The number of fused-ring (bicyclic) bond motifs is 3. The minimum atomic E-state index is -0.442. The van der Waals surface area contributed by atoms with Gasteiger partial charge in [0.05, 0.1) is 18.9 Å². The van der Waals surface area contributed by atoms with E-state index in [4.69, 9.17) is 37.8 Å². The Balaban J connectivity index is 1.63. The minimum Gasteiger partial charge on any atom is -0.493 e. The van der Waals surface area contributed by atoms with Crippen LogP contribution in [0.25, 0.3) is 0 Å². The lowest BCUT2D eigenvalue weighted by atomic mass is 9.95. The van der Waals surface area contributed by atoms with Crippen molar-refractivity contribution in [1.29, 1.82) is 0 Å². The molecule has 4 nitrogen and oxygen atoms in total. The van der Waals surface area contributed by atoms with Gasteiger partial charge in [-0.15, -0.1) is 0 Å². The van der Waals surface area contributed by atoms with Gasteiger partial charge in [0.2, 0.25) is 6.23 Å². The Morgan fingerprint density at radius 2 is 1.72 bits per heavy atom. The summed E-state index contributed by atoms with van der Waals surface area (Å²) in [5.41, 5.74) is 3.96. The number of rotatable bonds is 3. The van der Waals surface area contributed by atoms with Gasteiger partial charge < -0.3 is 9.47 Å². The third-order valence-corrected chi connectivity index (χ3v) is 5.95. The first-order chi connectivity index (χ1) is 14.2. The highest BCUT2D eigenvalue weighted by molar-refractivity contribution is 6.31.